The Morgan fingerprint density at radius 3 is 2.57 bits per heavy atom. The van der Waals surface area contributed by atoms with Gasteiger partial charge in [0.25, 0.3) is 0 Å². The molecule has 13 heteroatoms. The maximum atomic E-state index is 13.2. The van der Waals surface area contributed by atoms with Crippen molar-refractivity contribution in [2.24, 2.45) is 0 Å². The second-order valence-corrected chi connectivity index (χ2v) is 7.24. The van der Waals surface area contributed by atoms with E-state index in [2.05, 4.69) is 36.0 Å². The zero-order chi connectivity index (χ0) is 22.1. The van der Waals surface area contributed by atoms with Crippen LogP contribution in [0.3, 0.4) is 0 Å². The second-order valence-electron chi connectivity index (χ2n) is 6.43. The number of fused-ring (bicyclic) bond motifs is 1. The van der Waals surface area contributed by atoms with Crippen LogP contribution >= 0.6 is 15.9 Å². The standard InChI is InChI=1S/C17H17BrF3N5O4/c1-2-9-13(25-5-3-22-4-6-25)14(28)12-15(23-7-10(18)24-12)26(9)8-11(27)30-16(29)17(19,20)21/h7,22H,2-6,8H2,1H3. The second kappa shape index (κ2) is 8.68. The highest BCUT2D eigenvalue weighted by molar-refractivity contribution is 9.10. The van der Waals surface area contributed by atoms with Gasteiger partial charge in [-0.1, -0.05) is 6.92 Å². The van der Waals surface area contributed by atoms with Crippen LogP contribution in [0.25, 0.3) is 11.2 Å². The van der Waals surface area contributed by atoms with Crippen LogP contribution in [0.4, 0.5) is 18.9 Å². The number of anilines is 1. The molecule has 0 saturated carbocycles. The molecule has 0 unspecified atom stereocenters. The zero-order valence-electron chi connectivity index (χ0n) is 15.8. The normalized spacial score (nSPS) is 14.8. The summed E-state index contributed by atoms with van der Waals surface area (Å²) in [6.07, 6.45) is -3.72. The van der Waals surface area contributed by atoms with Crippen LogP contribution in [0.1, 0.15) is 12.6 Å². The van der Waals surface area contributed by atoms with Gasteiger partial charge in [-0.15, -0.1) is 0 Å². The summed E-state index contributed by atoms with van der Waals surface area (Å²) < 4.78 is 42.8. The predicted octanol–water partition coefficient (Wildman–Crippen LogP) is 1.16. The third kappa shape index (κ3) is 4.46. The number of halogens is 4. The molecule has 2 aromatic rings. The lowest BCUT2D eigenvalue weighted by molar-refractivity contribution is -0.202. The predicted molar refractivity (Wildman–Crippen MR) is 103 cm³/mol. The van der Waals surface area contributed by atoms with Gasteiger partial charge in [0, 0.05) is 31.9 Å². The summed E-state index contributed by atoms with van der Waals surface area (Å²) in [5.41, 5.74) is 0.255. The number of hydrogen-bond acceptors (Lipinski definition) is 8. The van der Waals surface area contributed by atoms with Gasteiger partial charge in [-0.3, -0.25) is 4.79 Å². The van der Waals surface area contributed by atoms with Crippen molar-refractivity contribution in [1.29, 1.82) is 0 Å². The fraction of sp³-hybridized carbons (Fsp3) is 0.471. The Morgan fingerprint density at radius 1 is 1.30 bits per heavy atom. The summed E-state index contributed by atoms with van der Waals surface area (Å²) >= 11 is 3.15. The van der Waals surface area contributed by atoms with Crippen molar-refractivity contribution < 1.29 is 27.5 Å². The third-order valence-corrected chi connectivity index (χ3v) is 4.88. The van der Waals surface area contributed by atoms with Crippen LogP contribution in [0, 0.1) is 0 Å². The zero-order valence-corrected chi connectivity index (χ0v) is 17.3. The number of rotatable bonds is 4. The van der Waals surface area contributed by atoms with Crippen LogP contribution in [-0.4, -0.2) is 58.8 Å². The smallest absolute Gasteiger partial charge is 0.385 e. The van der Waals surface area contributed by atoms with Gasteiger partial charge < -0.3 is 19.5 Å². The van der Waals surface area contributed by atoms with E-state index in [0.29, 0.717) is 37.6 Å². The molecule has 1 aliphatic heterocycles. The number of aromatic nitrogens is 3. The fourth-order valence-electron chi connectivity index (χ4n) is 3.28. The number of nitrogens with zero attached hydrogens (tertiary/aromatic N) is 4. The summed E-state index contributed by atoms with van der Waals surface area (Å²) in [7, 11) is 0. The molecule has 0 radical (unpaired) electrons. The Morgan fingerprint density at radius 2 is 1.97 bits per heavy atom. The molecule has 2 aromatic heterocycles. The first-order valence-electron chi connectivity index (χ1n) is 8.99. The van der Waals surface area contributed by atoms with E-state index in [1.807, 2.05) is 4.90 Å². The minimum atomic E-state index is -5.30. The maximum Gasteiger partial charge on any atom is 0.491 e. The molecule has 0 aromatic carbocycles. The number of hydrogen-bond donors (Lipinski definition) is 1. The molecule has 1 aliphatic rings. The van der Waals surface area contributed by atoms with Crippen molar-refractivity contribution in [3.05, 3.63) is 26.7 Å². The van der Waals surface area contributed by atoms with E-state index < -0.39 is 30.1 Å². The van der Waals surface area contributed by atoms with Gasteiger partial charge in [-0.25, -0.2) is 19.6 Å². The van der Waals surface area contributed by atoms with Gasteiger partial charge in [0.15, 0.2) is 11.2 Å². The summed E-state index contributed by atoms with van der Waals surface area (Å²) in [5.74, 6) is -4.03. The molecule has 0 spiro atoms. The number of piperazine rings is 1. The summed E-state index contributed by atoms with van der Waals surface area (Å²) in [4.78, 5) is 46.4. The van der Waals surface area contributed by atoms with Crippen molar-refractivity contribution in [1.82, 2.24) is 19.9 Å². The highest BCUT2D eigenvalue weighted by atomic mass is 79.9. The molecule has 162 valence electrons. The van der Waals surface area contributed by atoms with Crippen molar-refractivity contribution in [2.45, 2.75) is 26.1 Å². The Kier molecular flexibility index (Phi) is 6.41. The number of ether oxygens (including phenoxy) is 1. The summed E-state index contributed by atoms with van der Waals surface area (Å²) in [6, 6.07) is 0. The number of carbonyl (C=O) groups is 2. The van der Waals surface area contributed by atoms with Gasteiger partial charge in [-0.2, -0.15) is 13.2 Å². The first kappa shape index (κ1) is 22.2. The molecule has 0 bridgehead atoms. The Bertz CT molecular complexity index is 1050. The summed E-state index contributed by atoms with van der Waals surface area (Å²) in [6.45, 7) is 3.30. The maximum absolute atomic E-state index is 13.2. The molecule has 1 N–H and O–H groups in total. The topological polar surface area (TPSA) is 106 Å². The van der Waals surface area contributed by atoms with Gasteiger partial charge >= 0.3 is 18.1 Å². The molecule has 30 heavy (non-hydrogen) atoms. The van der Waals surface area contributed by atoms with E-state index >= 15 is 0 Å². The minimum absolute atomic E-state index is 0.00958. The lowest BCUT2D eigenvalue weighted by atomic mass is 10.1. The first-order chi connectivity index (χ1) is 14.1. The number of pyridine rings is 1. The van der Waals surface area contributed by atoms with Crippen LogP contribution in [0.15, 0.2) is 15.6 Å². The molecule has 0 aliphatic carbocycles. The largest absolute Gasteiger partial charge is 0.491 e. The lowest BCUT2D eigenvalue weighted by Crippen LogP contribution is -2.46. The van der Waals surface area contributed by atoms with Crippen LogP contribution in [0.5, 0.6) is 0 Å². The van der Waals surface area contributed by atoms with Crippen molar-refractivity contribution in [2.75, 3.05) is 31.1 Å². The van der Waals surface area contributed by atoms with E-state index in [-0.39, 0.29) is 22.2 Å². The van der Waals surface area contributed by atoms with Gasteiger partial charge in [0.1, 0.15) is 16.8 Å². The summed E-state index contributed by atoms with van der Waals surface area (Å²) in [5, 5.41) is 3.17. The molecule has 0 atom stereocenters. The average molecular weight is 492 g/mol. The SMILES string of the molecule is CCc1c(N2CCNCC2)c(=O)c2nc(Br)cnc2n1CC(=O)OC(=O)C(F)(F)F. The van der Waals surface area contributed by atoms with E-state index in [1.54, 1.807) is 6.92 Å². The van der Waals surface area contributed by atoms with E-state index in [1.165, 1.54) is 10.8 Å². The minimum Gasteiger partial charge on any atom is -0.385 e. The molecular formula is C17H17BrF3N5O4. The molecule has 1 fully saturated rings. The van der Waals surface area contributed by atoms with Gasteiger partial charge in [-0.05, 0) is 22.4 Å². The van der Waals surface area contributed by atoms with Crippen molar-refractivity contribution in [3.8, 4) is 0 Å². The Labute approximate surface area is 176 Å². The molecule has 9 nitrogen and oxygen atoms in total. The van der Waals surface area contributed by atoms with Crippen LogP contribution in [-0.2, 0) is 27.3 Å². The third-order valence-electron chi connectivity index (χ3n) is 4.50. The molecule has 3 rings (SSSR count). The fourth-order valence-corrected chi connectivity index (χ4v) is 3.56. The van der Waals surface area contributed by atoms with E-state index in [4.69, 9.17) is 0 Å². The number of nitrogens with one attached hydrogen (secondary N) is 1. The van der Waals surface area contributed by atoms with E-state index in [9.17, 15) is 27.6 Å². The highest BCUT2D eigenvalue weighted by Gasteiger charge is 2.42. The van der Waals surface area contributed by atoms with Gasteiger partial charge in [0.2, 0.25) is 5.43 Å². The van der Waals surface area contributed by atoms with Crippen LogP contribution in [0.2, 0.25) is 0 Å². The molecule has 3 heterocycles. The lowest BCUT2D eigenvalue weighted by Gasteiger charge is -2.31. The van der Waals surface area contributed by atoms with Crippen LogP contribution < -0.4 is 15.6 Å². The Hall–Kier alpha value is -2.54. The highest BCUT2D eigenvalue weighted by Crippen LogP contribution is 2.24. The number of esters is 2. The first-order valence-corrected chi connectivity index (χ1v) is 9.78. The monoisotopic (exact) mass is 491 g/mol. The molecule has 0 amide bonds. The number of carbonyl (C=O) groups excluding carboxylic acids is 2. The van der Waals surface area contributed by atoms with E-state index in [0.717, 1.165) is 0 Å². The van der Waals surface area contributed by atoms with Crippen molar-refractivity contribution >= 4 is 44.7 Å². The molecule has 1 saturated heterocycles. The Balaban J connectivity index is 2.14. The van der Waals surface area contributed by atoms with Crippen molar-refractivity contribution in [3.63, 3.8) is 0 Å². The molecular weight excluding hydrogens is 475 g/mol. The quantitative estimate of drug-likeness (QED) is 0.501. The number of alkyl halides is 3. The average Bonchev–Trinajstić information content (AvgIpc) is 2.69. The van der Waals surface area contributed by atoms with Gasteiger partial charge in [0.05, 0.1) is 6.20 Å².